The molecule has 4 nitrogen and oxygen atoms in total. The number of carbonyl (C=O) groups is 2. The van der Waals surface area contributed by atoms with Gasteiger partial charge in [-0.15, -0.1) is 6.42 Å². The van der Waals surface area contributed by atoms with Gasteiger partial charge in [0.1, 0.15) is 6.04 Å². The third-order valence-corrected chi connectivity index (χ3v) is 4.90. The van der Waals surface area contributed by atoms with Gasteiger partial charge in [0, 0.05) is 16.3 Å². The van der Waals surface area contributed by atoms with Crippen LogP contribution in [0.5, 0.6) is 0 Å². The van der Waals surface area contributed by atoms with Crippen LogP contribution < -0.4 is 10.6 Å². The zero-order valence-electron chi connectivity index (χ0n) is 14.6. The smallest absolute Gasteiger partial charge is 0.253 e. The molecule has 2 aromatic rings. The summed E-state index contributed by atoms with van der Waals surface area (Å²) >= 11 is 13.5. The number of rotatable bonds is 7. The van der Waals surface area contributed by atoms with E-state index in [4.69, 9.17) is 29.6 Å². The molecule has 1 unspecified atom stereocenters. The van der Waals surface area contributed by atoms with Crippen molar-refractivity contribution in [3.8, 4) is 12.3 Å². The van der Waals surface area contributed by atoms with Gasteiger partial charge in [-0.3, -0.25) is 9.59 Å². The molecule has 2 rings (SSSR count). The van der Waals surface area contributed by atoms with Crippen LogP contribution in [-0.4, -0.2) is 29.9 Å². The Bertz CT molecular complexity index is 881. The Morgan fingerprint density at radius 3 is 2.67 bits per heavy atom. The van der Waals surface area contributed by atoms with Crippen molar-refractivity contribution in [1.82, 2.24) is 5.32 Å². The van der Waals surface area contributed by atoms with Crippen LogP contribution in [0.25, 0.3) is 0 Å². The number of benzene rings is 2. The number of amides is 2. The van der Waals surface area contributed by atoms with E-state index in [1.807, 2.05) is 6.26 Å². The van der Waals surface area contributed by atoms with E-state index in [9.17, 15) is 9.59 Å². The lowest BCUT2D eigenvalue weighted by Crippen LogP contribution is -2.44. The maximum atomic E-state index is 12.7. The van der Waals surface area contributed by atoms with Gasteiger partial charge in [0.05, 0.1) is 10.6 Å². The van der Waals surface area contributed by atoms with E-state index in [0.717, 1.165) is 0 Å². The van der Waals surface area contributed by atoms with E-state index < -0.39 is 11.9 Å². The molecule has 0 aliphatic rings. The van der Waals surface area contributed by atoms with Gasteiger partial charge in [0.15, 0.2) is 0 Å². The lowest BCUT2D eigenvalue weighted by atomic mass is 10.1. The molecule has 0 heterocycles. The predicted molar refractivity (Wildman–Crippen MR) is 114 cm³/mol. The second-order valence-corrected chi connectivity index (χ2v) is 7.48. The molecule has 27 heavy (non-hydrogen) atoms. The number of halogens is 2. The lowest BCUT2D eigenvalue weighted by molar-refractivity contribution is -0.118. The van der Waals surface area contributed by atoms with Gasteiger partial charge in [0.2, 0.25) is 5.91 Å². The van der Waals surface area contributed by atoms with Crippen LogP contribution >= 0.6 is 35.0 Å². The maximum Gasteiger partial charge on any atom is 0.253 e. The molecule has 0 aromatic heterocycles. The second kappa shape index (κ2) is 10.3. The molecule has 0 bridgehead atoms. The van der Waals surface area contributed by atoms with Gasteiger partial charge in [-0.2, -0.15) is 11.8 Å². The highest BCUT2D eigenvalue weighted by Crippen LogP contribution is 2.21. The highest BCUT2D eigenvalue weighted by molar-refractivity contribution is 7.98. The minimum Gasteiger partial charge on any atom is -0.340 e. The Balaban J connectivity index is 2.14. The summed E-state index contributed by atoms with van der Waals surface area (Å²) in [4.78, 5) is 25.2. The minimum absolute atomic E-state index is 0.228. The maximum absolute atomic E-state index is 12.7. The summed E-state index contributed by atoms with van der Waals surface area (Å²) in [5.74, 6) is 2.47. The summed E-state index contributed by atoms with van der Waals surface area (Å²) in [5, 5.41) is 6.20. The quantitative estimate of drug-likeness (QED) is 0.649. The van der Waals surface area contributed by atoms with Gasteiger partial charge in [-0.25, -0.2) is 0 Å². The molecule has 140 valence electrons. The fraction of sp³-hybridized carbons (Fsp3) is 0.200. The van der Waals surface area contributed by atoms with Crippen molar-refractivity contribution in [2.24, 2.45) is 0 Å². The molecule has 7 heteroatoms. The summed E-state index contributed by atoms with van der Waals surface area (Å²) in [7, 11) is 0. The molecule has 2 amide bonds. The Kier molecular flexibility index (Phi) is 8.05. The summed E-state index contributed by atoms with van der Waals surface area (Å²) in [6.07, 6.45) is 7.79. The van der Waals surface area contributed by atoms with Crippen molar-refractivity contribution in [3.05, 3.63) is 63.6 Å². The van der Waals surface area contributed by atoms with E-state index in [0.29, 0.717) is 28.4 Å². The van der Waals surface area contributed by atoms with Crippen LogP contribution in [0.3, 0.4) is 0 Å². The summed E-state index contributed by atoms with van der Waals surface area (Å²) in [6.45, 7) is 0. The fourth-order valence-corrected chi connectivity index (χ4v) is 3.30. The van der Waals surface area contributed by atoms with Crippen LogP contribution in [0.4, 0.5) is 5.69 Å². The lowest BCUT2D eigenvalue weighted by Gasteiger charge is -2.19. The van der Waals surface area contributed by atoms with Gasteiger partial charge in [-0.1, -0.05) is 35.2 Å². The number of nitrogens with one attached hydrogen (secondary N) is 2. The average molecular weight is 421 g/mol. The molecule has 2 N–H and O–H groups in total. The van der Waals surface area contributed by atoms with E-state index in [-0.39, 0.29) is 16.5 Å². The average Bonchev–Trinajstić information content (AvgIpc) is 2.64. The van der Waals surface area contributed by atoms with E-state index in [1.54, 1.807) is 42.1 Å². The first-order chi connectivity index (χ1) is 12.9. The number of hydrogen-bond acceptors (Lipinski definition) is 3. The first-order valence-electron chi connectivity index (χ1n) is 8.07. The van der Waals surface area contributed by atoms with Crippen LogP contribution in [-0.2, 0) is 4.79 Å². The van der Waals surface area contributed by atoms with E-state index >= 15 is 0 Å². The molecular weight excluding hydrogens is 403 g/mol. The van der Waals surface area contributed by atoms with Crippen LogP contribution in [0.2, 0.25) is 10.0 Å². The topological polar surface area (TPSA) is 58.2 Å². The molecule has 0 spiro atoms. The Hall–Kier alpha value is -2.13. The number of thioether (sulfide) groups is 1. The third-order valence-electron chi connectivity index (χ3n) is 3.70. The predicted octanol–water partition coefficient (Wildman–Crippen LogP) is 4.46. The monoisotopic (exact) mass is 420 g/mol. The standard InChI is InChI=1S/C20H18Cl2N2O2S/c1-3-13-5-4-6-15(11-13)23-20(26)18(9-10-27-2)24-19(25)16-8-7-14(21)12-17(16)22/h1,4-8,11-12,18H,9-10H2,2H3,(H,23,26)(H,24,25). The van der Waals surface area contributed by atoms with Crippen molar-refractivity contribution in [1.29, 1.82) is 0 Å². The molecule has 0 aliphatic carbocycles. The molecule has 0 fully saturated rings. The molecule has 0 saturated heterocycles. The Labute approximate surface area is 173 Å². The number of terminal acetylenes is 1. The Morgan fingerprint density at radius 1 is 1.22 bits per heavy atom. The highest BCUT2D eigenvalue weighted by atomic mass is 35.5. The van der Waals surface area contributed by atoms with Crippen LogP contribution in [0.15, 0.2) is 42.5 Å². The first-order valence-corrected chi connectivity index (χ1v) is 10.2. The van der Waals surface area contributed by atoms with Gasteiger partial charge >= 0.3 is 0 Å². The SMILES string of the molecule is C#Cc1cccc(NC(=O)C(CCSC)NC(=O)c2ccc(Cl)cc2Cl)c1. The second-order valence-electron chi connectivity index (χ2n) is 5.65. The van der Waals surface area contributed by atoms with Gasteiger partial charge < -0.3 is 10.6 Å². The van der Waals surface area contributed by atoms with Crippen molar-refractivity contribution < 1.29 is 9.59 Å². The fourth-order valence-electron chi connectivity index (χ4n) is 2.33. The van der Waals surface area contributed by atoms with Crippen molar-refractivity contribution in [2.75, 3.05) is 17.3 Å². The molecule has 0 radical (unpaired) electrons. The van der Waals surface area contributed by atoms with Gasteiger partial charge in [0.25, 0.3) is 5.91 Å². The third kappa shape index (κ3) is 6.21. The number of carbonyl (C=O) groups excluding carboxylic acids is 2. The van der Waals surface area contributed by atoms with Crippen molar-refractivity contribution >= 4 is 52.5 Å². The van der Waals surface area contributed by atoms with Crippen molar-refractivity contribution in [3.63, 3.8) is 0 Å². The molecule has 0 saturated carbocycles. The molecule has 0 aliphatic heterocycles. The zero-order chi connectivity index (χ0) is 19.8. The first kappa shape index (κ1) is 21.2. The minimum atomic E-state index is -0.716. The van der Waals surface area contributed by atoms with Crippen molar-refractivity contribution in [2.45, 2.75) is 12.5 Å². The Morgan fingerprint density at radius 2 is 2.00 bits per heavy atom. The molecular formula is C20H18Cl2N2O2S. The van der Waals surface area contributed by atoms with Gasteiger partial charge in [-0.05, 0) is 54.8 Å². The zero-order valence-corrected chi connectivity index (χ0v) is 16.9. The van der Waals surface area contributed by atoms with E-state index in [2.05, 4.69) is 16.6 Å². The normalized spacial score (nSPS) is 11.3. The van der Waals surface area contributed by atoms with Crippen LogP contribution in [0, 0.1) is 12.3 Å². The number of hydrogen-bond donors (Lipinski definition) is 2. The summed E-state index contributed by atoms with van der Waals surface area (Å²) in [5.41, 5.74) is 1.49. The summed E-state index contributed by atoms with van der Waals surface area (Å²) < 4.78 is 0. The molecule has 1 atom stereocenters. The van der Waals surface area contributed by atoms with Crippen LogP contribution in [0.1, 0.15) is 22.3 Å². The molecule has 2 aromatic carbocycles. The number of anilines is 1. The highest BCUT2D eigenvalue weighted by Gasteiger charge is 2.22. The largest absolute Gasteiger partial charge is 0.340 e. The van der Waals surface area contributed by atoms with E-state index in [1.165, 1.54) is 12.1 Å². The summed E-state index contributed by atoms with van der Waals surface area (Å²) in [6, 6.07) is 10.8.